The third-order valence-corrected chi connectivity index (χ3v) is 3.09. The van der Waals surface area contributed by atoms with Gasteiger partial charge in [0.05, 0.1) is 10.6 Å². The van der Waals surface area contributed by atoms with Crippen LogP contribution in [0, 0.1) is 0 Å². The molecule has 0 saturated carbocycles. The van der Waals surface area contributed by atoms with Crippen molar-refractivity contribution in [3.8, 4) is 0 Å². The number of halogens is 4. The van der Waals surface area contributed by atoms with E-state index in [1.165, 1.54) is 18.3 Å². The molecule has 1 N–H and O–H groups in total. The number of pyridine rings is 1. The highest BCUT2D eigenvalue weighted by Crippen LogP contribution is 2.37. The zero-order valence-electron chi connectivity index (χ0n) is 10.3. The predicted octanol–water partition coefficient (Wildman–Crippen LogP) is 4.64. The van der Waals surface area contributed by atoms with Crippen LogP contribution in [0.1, 0.15) is 5.56 Å². The highest BCUT2D eigenvalue weighted by Gasteiger charge is 2.33. The van der Waals surface area contributed by atoms with Crippen LogP contribution in [0.3, 0.4) is 0 Å². The number of anilines is 2. The van der Waals surface area contributed by atoms with E-state index in [0.717, 1.165) is 6.07 Å². The van der Waals surface area contributed by atoms with E-state index in [1.54, 1.807) is 12.1 Å². The fraction of sp³-hybridized carbons (Fsp3) is 0.0769. The first-order chi connectivity index (χ1) is 9.95. The number of alkyl halides is 3. The predicted molar refractivity (Wildman–Crippen MR) is 71.5 cm³/mol. The minimum absolute atomic E-state index is 0.188. The second-order valence-corrected chi connectivity index (χ2v) is 4.61. The molecule has 0 fully saturated rings. The molecule has 0 aliphatic heterocycles. The zero-order chi connectivity index (χ0) is 15.0. The second-order valence-electron chi connectivity index (χ2n) is 4.20. The van der Waals surface area contributed by atoms with Gasteiger partial charge in [0, 0.05) is 11.9 Å². The summed E-state index contributed by atoms with van der Waals surface area (Å²) in [6.07, 6.45) is -2.99. The topological polar surface area (TPSA) is 51.0 Å². The summed E-state index contributed by atoms with van der Waals surface area (Å²) in [6.45, 7) is 0. The first-order valence-electron chi connectivity index (χ1n) is 5.79. The smallest absolute Gasteiger partial charge is 0.352 e. The van der Waals surface area contributed by atoms with Gasteiger partial charge in [0.25, 0.3) is 0 Å². The molecular formula is C13H7ClF3N3O. The number of hydrogen-bond acceptors (Lipinski definition) is 4. The fourth-order valence-electron chi connectivity index (χ4n) is 1.82. The molecule has 108 valence electrons. The van der Waals surface area contributed by atoms with Crippen LogP contribution in [-0.4, -0.2) is 10.1 Å². The Bertz CT molecular complexity index is 801. The highest BCUT2D eigenvalue weighted by atomic mass is 35.5. The van der Waals surface area contributed by atoms with Crippen LogP contribution in [0.15, 0.2) is 41.1 Å². The van der Waals surface area contributed by atoms with E-state index in [9.17, 15) is 13.2 Å². The molecule has 1 aromatic carbocycles. The Balaban J connectivity index is 1.99. The third-order valence-electron chi connectivity index (χ3n) is 2.76. The molecule has 0 radical (unpaired) electrons. The van der Waals surface area contributed by atoms with Gasteiger partial charge < -0.3 is 9.84 Å². The molecule has 0 aliphatic carbocycles. The highest BCUT2D eigenvalue weighted by molar-refractivity contribution is 6.31. The molecule has 21 heavy (non-hydrogen) atoms. The van der Waals surface area contributed by atoms with Crippen LogP contribution in [0.4, 0.5) is 24.7 Å². The van der Waals surface area contributed by atoms with Crippen LogP contribution in [0.5, 0.6) is 0 Å². The summed E-state index contributed by atoms with van der Waals surface area (Å²) >= 11 is 5.56. The third kappa shape index (κ3) is 2.64. The molecule has 3 aromatic rings. The number of benzene rings is 1. The van der Waals surface area contributed by atoms with Gasteiger partial charge >= 0.3 is 6.18 Å². The second kappa shape index (κ2) is 4.92. The van der Waals surface area contributed by atoms with Crippen molar-refractivity contribution in [2.45, 2.75) is 6.18 Å². The van der Waals surface area contributed by atoms with Crippen molar-refractivity contribution in [1.29, 1.82) is 0 Å². The van der Waals surface area contributed by atoms with Crippen molar-refractivity contribution >= 4 is 34.2 Å². The summed E-state index contributed by atoms with van der Waals surface area (Å²) in [7, 11) is 0. The quantitative estimate of drug-likeness (QED) is 0.749. The summed E-state index contributed by atoms with van der Waals surface area (Å²) in [5.74, 6) is 0.237. The Morgan fingerprint density at radius 2 is 2.00 bits per heavy atom. The Hall–Kier alpha value is -2.28. The van der Waals surface area contributed by atoms with Crippen LogP contribution >= 0.6 is 11.6 Å². The van der Waals surface area contributed by atoms with E-state index >= 15 is 0 Å². The first-order valence-corrected chi connectivity index (χ1v) is 6.17. The van der Waals surface area contributed by atoms with Gasteiger partial charge in [-0.1, -0.05) is 16.8 Å². The van der Waals surface area contributed by atoms with Gasteiger partial charge in [-0.2, -0.15) is 13.2 Å². The van der Waals surface area contributed by atoms with E-state index < -0.39 is 11.7 Å². The maximum Gasteiger partial charge on any atom is 0.417 e. The zero-order valence-corrected chi connectivity index (χ0v) is 11.0. The normalized spacial score (nSPS) is 11.8. The standard InChI is InChI=1S/C13H7ClF3N3O/c14-9-4-3-7(6-8(9)13(15,16)17)19-12-11-10(21-20-12)2-1-5-18-11/h1-6H,(H,19,20). The molecule has 0 unspecified atom stereocenters. The number of aromatic nitrogens is 2. The van der Waals surface area contributed by atoms with Crippen molar-refractivity contribution in [3.05, 3.63) is 47.1 Å². The maximum absolute atomic E-state index is 12.8. The lowest BCUT2D eigenvalue weighted by Gasteiger charge is -2.11. The van der Waals surface area contributed by atoms with Crippen molar-refractivity contribution in [1.82, 2.24) is 10.1 Å². The van der Waals surface area contributed by atoms with Gasteiger partial charge in [0.15, 0.2) is 16.9 Å². The van der Waals surface area contributed by atoms with E-state index in [1.807, 2.05) is 0 Å². The Kier molecular flexibility index (Phi) is 3.21. The van der Waals surface area contributed by atoms with Crippen LogP contribution in [0.25, 0.3) is 11.1 Å². The average Bonchev–Trinajstić information content (AvgIpc) is 2.83. The molecular weight excluding hydrogens is 307 g/mol. The van der Waals surface area contributed by atoms with Crippen molar-refractivity contribution in [2.75, 3.05) is 5.32 Å². The lowest BCUT2D eigenvalue weighted by Crippen LogP contribution is -2.06. The summed E-state index contributed by atoms with van der Waals surface area (Å²) in [6, 6.07) is 6.82. The fourth-order valence-corrected chi connectivity index (χ4v) is 2.04. The largest absolute Gasteiger partial charge is 0.417 e. The Morgan fingerprint density at radius 3 is 2.76 bits per heavy atom. The molecule has 0 amide bonds. The van der Waals surface area contributed by atoms with Crippen LogP contribution in [0.2, 0.25) is 5.02 Å². The van der Waals surface area contributed by atoms with Gasteiger partial charge in [-0.25, -0.2) is 4.98 Å². The molecule has 2 heterocycles. The number of hydrogen-bond donors (Lipinski definition) is 1. The lowest BCUT2D eigenvalue weighted by atomic mass is 10.2. The minimum Gasteiger partial charge on any atom is -0.352 e. The van der Waals surface area contributed by atoms with E-state index in [0.29, 0.717) is 11.1 Å². The minimum atomic E-state index is -4.53. The molecule has 2 aromatic heterocycles. The molecule has 0 bridgehead atoms. The maximum atomic E-state index is 12.8. The van der Waals surface area contributed by atoms with E-state index in [4.69, 9.17) is 16.1 Å². The molecule has 0 saturated heterocycles. The van der Waals surface area contributed by atoms with E-state index in [-0.39, 0.29) is 16.5 Å². The molecule has 0 atom stereocenters. The van der Waals surface area contributed by atoms with Gasteiger partial charge in [-0.15, -0.1) is 0 Å². The van der Waals surface area contributed by atoms with Gasteiger partial charge in [0.2, 0.25) is 0 Å². The first kappa shape index (κ1) is 13.7. The molecule has 4 nitrogen and oxygen atoms in total. The van der Waals surface area contributed by atoms with Gasteiger partial charge in [0.1, 0.15) is 0 Å². The summed E-state index contributed by atoms with van der Waals surface area (Å²) in [4.78, 5) is 4.06. The van der Waals surface area contributed by atoms with Gasteiger partial charge in [-0.05, 0) is 30.3 Å². The Labute approximate surface area is 121 Å². The summed E-state index contributed by atoms with van der Waals surface area (Å²) in [5.41, 5.74) is 0.133. The van der Waals surface area contributed by atoms with Crippen molar-refractivity contribution < 1.29 is 17.7 Å². The average molecular weight is 314 g/mol. The molecule has 0 aliphatic rings. The number of fused-ring (bicyclic) bond motifs is 1. The number of rotatable bonds is 2. The van der Waals surface area contributed by atoms with Crippen molar-refractivity contribution in [3.63, 3.8) is 0 Å². The number of nitrogens with one attached hydrogen (secondary N) is 1. The summed E-state index contributed by atoms with van der Waals surface area (Å²) in [5, 5.41) is 6.12. The molecule has 0 spiro atoms. The number of nitrogens with zero attached hydrogens (tertiary/aromatic N) is 2. The van der Waals surface area contributed by atoms with Crippen LogP contribution in [-0.2, 0) is 6.18 Å². The van der Waals surface area contributed by atoms with Crippen LogP contribution < -0.4 is 5.32 Å². The Morgan fingerprint density at radius 1 is 1.19 bits per heavy atom. The molecule has 3 rings (SSSR count). The van der Waals surface area contributed by atoms with E-state index in [2.05, 4.69) is 15.5 Å². The SMILES string of the molecule is FC(F)(F)c1cc(Nc2noc3cccnc23)ccc1Cl. The summed E-state index contributed by atoms with van der Waals surface area (Å²) < 4.78 is 43.4. The van der Waals surface area contributed by atoms with Crippen molar-refractivity contribution in [2.24, 2.45) is 0 Å². The monoisotopic (exact) mass is 313 g/mol. The molecule has 8 heteroatoms. The lowest BCUT2D eigenvalue weighted by molar-refractivity contribution is -0.137. The van der Waals surface area contributed by atoms with Gasteiger partial charge in [-0.3, -0.25) is 0 Å².